The van der Waals surface area contributed by atoms with E-state index in [0.29, 0.717) is 22.8 Å². The minimum absolute atomic E-state index is 0.0628. The molecule has 0 aliphatic carbocycles. The molecule has 0 bridgehead atoms. The number of amides is 4. The first-order chi connectivity index (χ1) is 11.5. The predicted octanol–water partition coefficient (Wildman–Crippen LogP) is 2.09. The molecule has 0 N–H and O–H groups in total. The zero-order valence-electron chi connectivity index (χ0n) is 12.7. The molecule has 1 aliphatic rings. The number of hydrogen-bond acceptors (Lipinski definition) is 6. The highest BCUT2D eigenvalue weighted by Gasteiger charge is 2.44. The number of carbonyl (C=O) groups is 3. The number of carbonyl (C=O) groups excluding carboxylic acids is 3. The number of aromatic nitrogens is 2. The maximum Gasteiger partial charge on any atom is 0.334 e. The van der Waals surface area contributed by atoms with Gasteiger partial charge in [0.05, 0.1) is 0 Å². The molecule has 2 aromatic rings. The Morgan fingerprint density at radius 3 is 2.42 bits per heavy atom. The lowest BCUT2D eigenvalue weighted by Gasteiger charge is -2.12. The highest BCUT2D eigenvalue weighted by molar-refractivity contribution is 6.44. The molecule has 24 heavy (non-hydrogen) atoms. The van der Waals surface area contributed by atoms with Gasteiger partial charge >= 0.3 is 17.8 Å². The zero-order chi connectivity index (χ0) is 17.3. The molecule has 3 rings (SSSR count). The zero-order valence-corrected chi connectivity index (χ0v) is 13.5. The fourth-order valence-corrected chi connectivity index (χ4v) is 2.41. The molecule has 124 valence electrons. The van der Waals surface area contributed by atoms with Crippen LogP contribution in [0.5, 0.6) is 0 Å². The second kappa shape index (κ2) is 6.40. The Morgan fingerprint density at radius 2 is 1.75 bits per heavy atom. The van der Waals surface area contributed by atoms with E-state index in [1.807, 2.05) is 6.92 Å². The number of imide groups is 2. The third-order valence-electron chi connectivity index (χ3n) is 3.45. The highest BCUT2D eigenvalue weighted by Crippen LogP contribution is 2.20. The average molecular weight is 349 g/mol. The molecule has 9 heteroatoms. The van der Waals surface area contributed by atoms with Crippen LogP contribution in [-0.4, -0.2) is 44.3 Å². The highest BCUT2D eigenvalue weighted by atomic mass is 35.5. The number of benzene rings is 1. The third kappa shape index (κ3) is 2.88. The molecular formula is C15H13ClN4O4. The van der Waals surface area contributed by atoms with Gasteiger partial charge in [0.2, 0.25) is 11.7 Å². The number of hydrogen-bond donors (Lipinski definition) is 0. The number of urea groups is 1. The van der Waals surface area contributed by atoms with Gasteiger partial charge in [-0.1, -0.05) is 23.7 Å². The predicted molar refractivity (Wildman–Crippen MR) is 82.7 cm³/mol. The van der Waals surface area contributed by atoms with Gasteiger partial charge in [-0.25, -0.2) is 9.69 Å². The molecule has 0 saturated carbocycles. The fourth-order valence-electron chi connectivity index (χ4n) is 2.28. The van der Waals surface area contributed by atoms with Crippen LogP contribution in [0.1, 0.15) is 19.2 Å². The molecular weight excluding hydrogens is 336 g/mol. The van der Waals surface area contributed by atoms with Crippen molar-refractivity contribution >= 4 is 29.4 Å². The van der Waals surface area contributed by atoms with Gasteiger partial charge in [0.25, 0.3) is 0 Å². The van der Waals surface area contributed by atoms with E-state index >= 15 is 0 Å². The van der Waals surface area contributed by atoms with Gasteiger partial charge < -0.3 is 4.52 Å². The van der Waals surface area contributed by atoms with Crippen LogP contribution in [-0.2, 0) is 16.1 Å². The summed E-state index contributed by atoms with van der Waals surface area (Å²) in [6.45, 7) is 1.76. The van der Waals surface area contributed by atoms with Crippen molar-refractivity contribution in [1.29, 1.82) is 0 Å². The van der Waals surface area contributed by atoms with Crippen molar-refractivity contribution in [3.8, 4) is 11.4 Å². The van der Waals surface area contributed by atoms with Crippen LogP contribution in [0.3, 0.4) is 0 Å². The van der Waals surface area contributed by atoms with Crippen molar-refractivity contribution in [2.24, 2.45) is 0 Å². The van der Waals surface area contributed by atoms with Gasteiger partial charge in [0.15, 0.2) is 0 Å². The topological polar surface area (TPSA) is 96.6 Å². The van der Waals surface area contributed by atoms with E-state index < -0.39 is 17.8 Å². The Bertz CT molecular complexity index is 802. The minimum Gasteiger partial charge on any atom is -0.337 e. The lowest BCUT2D eigenvalue weighted by atomic mass is 10.2. The van der Waals surface area contributed by atoms with Crippen molar-refractivity contribution in [2.45, 2.75) is 19.9 Å². The summed E-state index contributed by atoms with van der Waals surface area (Å²) in [4.78, 5) is 41.7. The second-order valence-corrected chi connectivity index (χ2v) is 5.59. The van der Waals surface area contributed by atoms with E-state index in [2.05, 4.69) is 10.1 Å². The van der Waals surface area contributed by atoms with Crippen molar-refractivity contribution in [1.82, 2.24) is 19.9 Å². The Hall–Kier alpha value is -2.74. The Balaban J connectivity index is 1.77. The lowest BCUT2D eigenvalue weighted by Crippen LogP contribution is -2.33. The summed E-state index contributed by atoms with van der Waals surface area (Å²) < 4.78 is 5.07. The first-order valence-corrected chi connectivity index (χ1v) is 7.65. The molecule has 0 radical (unpaired) electrons. The SMILES string of the molecule is CCCN1C(=O)C(=O)N(Cc2nc(-c3ccc(Cl)cc3)no2)C1=O. The van der Waals surface area contributed by atoms with Crippen LogP contribution in [0.4, 0.5) is 4.79 Å². The molecule has 4 amide bonds. The van der Waals surface area contributed by atoms with Gasteiger partial charge in [-0.2, -0.15) is 4.98 Å². The molecule has 1 fully saturated rings. The lowest BCUT2D eigenvalue weighted by molar-refractivity contribution is -0.143. The number of rotatable bonds is 5. The van der Waals surface area contributed by atoms with E-state index in [4.69, 9.17) is 16.1 Å². The Morgan fingerprint density at radius 1 is 1.08 bits per heavy atom. The minimum atomic E-state index is -0.889. The maximum absolute atomic E-state index is 12.1. The standard InChI is InChI=1S/C15H13ClN4O4/c1-2-7-19-13(21)14(22)20(15(19)23)8-11-17-12(18-24-11)9-3-5-10(16)6-4-9/h3-6H,2,7-8H2,1H3. The van der Waals surface area contributed by atoms with Gasteiger partial charge in [0.1, 0.15) is 6.54 Å². The van der Waals surface area contributed by atoms with Gasteiger partial charge in [-0.3, -0.25) is 14.5 Å². The molecule has 0 spiro atoms. The molecule has 0 atom stereocenters. The van der Waals surface area contributed by atoms with Crippen molar-refractivity contribution in [2.75, 3.05) is 6.54 Å². The second-order valence-electron chi connectivity index (χ2n) is 5.15. The molecule has 1 aromatic heterocycles. The van der Waals surface area contributed by atoms with E-state index in [1.54, 1.807) is 24.3 Å². The number of halogens is 1. The van der Waals surface area contributed by atoms with Crippen LogP contribution < -0.4 is 0 Å². The summed E-state index contributed by atoms with van der Waals surface area (Å²) >= 11 is 5.82. The largest absolute Gasteiger partial charge is 0.337 e. The van der Waals surface area contributed by atoms with Gasteiger partial charge in [-0.05, 0) is 30.7 Å². The van der Waals surface area contributed by atoms with Crippen molar-refractivity contribution < 1.29 is 18.9 Å². The first-order valence-electron chi connectivity index (χ1n) is 7.27. The van der Waals surface area contributed by atoms with E-state index in [0.717, 1.165) is 9.80 Å². The average Bonchev–Trinajstić information content (AvgIpc) is 3.11. The van der Waals surface area contributed by atoms with Gasteiger partial charge in [-0.15, -0.1) is 0 Å². The molecule has 2 heterocycles. The van der Waals surface area contributed by atoms with Gasteiger partial charge in [0, 0.05) is 17.1 Å². The normalized spacial score (nSPS) is 14.8. The van der Waals surface area contributed by atoms with Crippen LogP contribution in [0.25, 0.3) is 11.4 Å². The fraction of sp³-hybridized carbons (Fsp3) is 0.267. The van der Waals surface area contributed by atoms with Crippen LogP contribution in [0.2, 0.25) is 5.02 Å². The molecule has 1 aromatic carbocycles. The van der Waals surface area contributed by atoms with Crippen LogP contribution in [0, 0.1) is 0 Å². The Labute approximate surface area is 142 Å². The van der Waals surface area contributed by atoms with E-state index in [9.17, 15) is 14.4 Å². The van der Waals surface area contributed by atoms with E-state index in [1.165, 1.54) is 0 Å². The van der Waals surface area contributed by atoms with Crippen molar-refractivity contribution in [3.63, 3.8) is 0 Å². The smallest absolute Gasteiger partial charge is 0.334 e. The first kappa shape index (κ1) is 16.1. The molecule has 8 nitrogen and oxygen atoms in total. The van der Waals surface area contributed by atoms with E-state index in [-0.39, 0.29) is 19.0 Å². The summed E-state index contributed by atoms with van der Waals surface area (Å²) in [6, 6.07) is 6.13. The van der Waals surface area contributed by atoms with Crippen molar-refractivity contribution in [3.05, 3.63) is 35.2 Å². The Kier molecular flexibility index (Phi) is 4.30. The summed E-state index contributed by atoms with van der Waals surface area (Å²) in [5.41, 5.74) is 0.678. The summed E-state index contributed by atoms with van der Waals surface area (Å²) in [5.74, 6) is -1.36. The maximum atomic E-state index is 12.1. The summed E-state index contributed by atoms with van der Waals surface area (Å²) in [6.07, 6.45) is 0.569. The molecule has 1 saturated heterocycles. The number of nitrogens with zero attached hydrogens (tertiary/aromatic N) is 4. The summed E-state index contributed by atoms with van der Waals surface area (Å²) in [7, 11) is 0. The monoisotopic (exact) mass is 348 g/mol. The molecule has 0 unspecified atom stereocenters. The quantitative estimate of drug-likeness (QED) is 0.606. The summed E-state index contributed by atoms with van der Waals surface area (Å²) in [5, 5.41) is 4.38. The third-order valence-corrected chi connectivity index (χ3v) is 3.70. The van der Waals surface area contributed by atoms with Crippen LogP contribution in [0.15, 0.2) is 28.8 Å². The van der Waals surface area contributed by atoms with Crippen LogP contribution >= 0.6 is 11.6 Å². The molecule has 1 aliphatic heterocycles.